The molecule has 0 spiro atoms. The zero-order valence-electron chi connectivity index (χ0n) is 10.9. The number of carbonyl (C=O) groups is 1. The summed E-state index contributed by atoms with van der Waals surface area (Å²) in [6.45, 7) is 0.385. The summed E-state index contributed by atoms with van der Waals surface area (Å²) >= 11 is 19.1. The Labute approximate surface area is 142 Å². The van der Waals surface area contributed by atoms with Gasteiger partial charge in [0.15, 0.2) is 0 Å². The van der Waals surface area contributed by atoms with Crippen molar-refractivity contribution in [2.75, 3.05) is 5.75 Å². The first-order chi connectivity index (χ1) is 10.0. The Morgan fingerprint density at radius 3 is 2.33 bits per heavy atom. The number of nitrogens with one attached hydrogen (secondary N) is 1. The van der Waals surface area contributed by atoms with Crippen LogP contribution in [-0.2, 0) is 11.3 Å². The molecule has 1 N–H and O–H groups in total. The van der Waals surface area contributed by atoms with E-state index in [0.717, 1.165) is 10.5 Å². The largest absolute Gasteiger partial charge is 0.351 e. The van der Waals surface area contributed by atoms with E-state index in [2.05, 4.69) is 5.32 Å². The Kier molecular flexibility index (Phi) is 6.24. The first kappa shape index (κ1) is 16.5. The van der Waals surface area contributed by atoms with E-state index in [9.17, 15) is 4.79 Å². The predicted molar refractivity (Wildman–Crippen MR) is 90.5 cm³/mol. The topological polar surface area (TPSA) is 29.1 Å². The number of rotatable bonds is 5. The fourth-order valence-corrected chi connectivity index (χ4v) is 2.92. The van der Waals surface area contributed by atoms with Gasteiger partial charge in [0.2, 0.25) is 5.91 Å². The van der Waals surface area contributed by atoms with Crippen LogP contribution in [0, 0.1) is 0 Å². The maximum absolute atomic E-state index is 11.8. The van der Waals surface area contributed by atoms with Crippen molar-refractivity contribution in [1.82, 2.24) is 5.32 Å². The summed E-state index contributed by atoms with van der Waals surface area (Å²) in [6, 6.07) is 12.6. The number of thioether (sulfide) groups is 1. The summed E-state index contributed by atoms with van der Waals surface area (Å²) < 4.78 is 0. The lowest BCUT2D eigenvalue weighted by Gasteiger charge is -2.07. The highest BCUT2D eigenvalue weighted by Gasteiger charge is 2.05. The molecule has 0 aliphatic rings. The van der Waals surface area contributed by atoms with E-state index in [1.807, 2.05) is 12.1 Å². The monoisotopic (exact) mass is 359 g/mol. The molecule has 0 heterocycles. The minimum Gasteiger partial charge on any atom is -0.351 e. The van der Waals surface area contributed by atoms with Crippen LogP contribution in [0.1, 0.15) is 5.56 Å². The Balaban J connectivity index is 1.80. The van der Waals surface area contributed by atoms with Gasteiger partial charge in [0.05, 0.1) is 5.75 Å². The summed E-state index contributed by atoms with van der Waals surface area (Å²) in [5.41, 5.74) is 0.839. The van der Waals surface area contributed by atoms with Crippen LogP contribution in [0.3, 0.4) is 0 Å². The van der Waals surface area contributed by atoms with Gasteiger partial charge in [-0.15, -0.1) is 11.8 Å². The molecule has 0 aliphatic heterocycles. The van der Waals surface area contributed by atoms with Crippen LogP contribution in [0.25, 0.3) is 0 Å². The zero-order valence-corrected chi connectivity index (χ0v) is 14.0. The molecule has 2 aromatic rings. The van der Waals surface area contributed by atoms with Crippen molar-refractivity contribution in [2.45, 2.75) is 11.4 Å². The molecule has 0 radical (unpaired) electrons. The zero-order chi connectivity index (χ0) is 15.2. The van der Waals surface area contributed by atoms with Crippen molar-refractivity contribution >= 4 is 52.5 Å². The Bertz CT molecular complexity index is 631. The first-order valence-electron chi connectivity index (χ1n) is 6.13. The summed E-state index contributed by atoms with van der Waals surface area (Å²) in [6.07, 6.45) is 0. The average molecular weight is 361 g/mol. The SMILES string of the molecule is O=C(CSc1ccc(Cl)cc1)NCc1ccc(Cl)cc1Cl. The van der Waals surface area contributed by atoms with E-state index in [-0.39, 0.29) is 5.91 Å². The highest BCUT2D eigenvalue weighted by molar-refractivity contribution is 8.00. The van der Waals surface area contributed by atoms with Crippen molar-refractivity contribution < 1.29 is 4.79 Å². The Morgan fingerprint density at radius 1 is 1.00 bits per heavy atom. The molecule has 0 bridgehead atoms. The standard InChI is InChI=1S/C15H12Cl3NOS/c16-11-3-5-13(6-4-11)21-9-15(20)19-8-10-1-2-12(17)7-14(10)18/h1-7H,8-9H2,(H,19,20). The van der Waals surface area contributed by atoms with E-state index in [0.29, 0.717) is 27.4 Å². The highest BCUT2D eigenvalue weighted by Crippen LogP contribution is 2.22. The van der Waals surface area contributed by atoms with Gasteiger partial charge >= 0.3 is 0 Å². The van der Waals surface area contributed by atoms with Crippen LogP contribution < -0.4 is 5.32 Å². The molecule has 0 aromatic heterocycles. The van der Waals surface area contributed by atoms with Crippen LogP contribution in [0.2, 0.25) is 15.1 Å². The lowest BCUT2D eigenvalue weighted by atomic mass is 10.2. The fourth-order valence-electron chi connectivity index (χ4n) is 1.59. The lowest BCUT2D eigenvalue weighted by Crippen LogP contribution is -2.24. The van der Waals surface area contributed by atoms with E-state index in [4.69, 9.17) is 34.8 Å². The molecule has 0 saturated heterocycles. The Morgan fingerprint density at radius 2 is 1.67 bits per heavy atom. The summed E-state index contributed by atoms with van der Waals surface area (Å²) in [7, 11) is 0. The number of carbonyl (C=O) groups excluding carboxylic acids is 1. The van der Waals surface area contributed by atoms with Crippen LogP contribution in [0.4, 0.5) is 0 Å². The van der Waals surface area contributed by atoms with Gasteiger partial charge in [-0.2, -0.15) is 0 Å². The van der Waals surface area contributed by atoms with Gasteiger partial charge in [-0.05, 0) is 42.0 Å². The molecular weight excluding hydrogens is 349 g/mol. The van der Waals surface area contributed by atoms with Crippen molar-refractivity contribution in [2.24, 2.45) is 0 Å². The fraction of sp³-hybridized carbons (Fsp3) is 0.133. The molecule has 2 aromatic carbocycles. The van der Waals surface area contributed by atoms with E-state index >= 15 is 0 Å². The molecule has 0 atom stereocenters. The Hall–Kier alpha value is -0.870. The van der Waals surface area contributed by atoms with Crippen molar-refractivity contribution in [3.63, 3.8) is 0 Å². The van der Waals surface area contributed by atoms with Crippen LogP contribution in [-0.4, -0.2) is 11.7 Å². The molecule has 0 saturated carbocycles. The van der Waals surface area contributed by atoms with Gasteiger partial charge in [-0.3, -0.25) is 4.79 Å². The molecular formula is C15H12Cl3NOS. The van der Waals surface area contributed by atoms with Gasteiger partial charge in [0.25, 0.3) is 0 Å². The molecule has 110 valence electrons. The maximum Gasteiger partial charge on any atom is 0.230 e. The smallest absolute Gasteiger partial charge is 0.230 e. The lowest BCUT2D eigenvalue weighted by molar-refractivity contribution is -0.118. The average Bonchev–Trinajstić information content (AvgIpc) is 2.46. The second-order valence-corrected chi connectivity index (χ2v) is 6.58. The number of benzene rings is 2. The minimum atomic E-state index is -0.0547. The number of amides is 1. The van der Waals surface area contributed by atoms with Crippen LogP contribution >= 0.6 is 46.6 Å². The molecule has 0 aliphatic carbocycles. The molecule has 6 heteroatoms. The molecule has 1 amide bonds. The van der Waals surface area contributed by atoms with Gasteiger partial charge in [0, 0.05) is 26.5 Å². The van der Waals surface area contributed by atoms with Gasteiger partial charge in [-0.25, -0.2) is 0 Å². The van der Waals surface area contributed by atoms with Crippen LogP contribution in [0.15, 0.2) is 47.4 Å². The molecule has 0 fully saturated rings. The molecule has 2 nitrogen and oxygen atoms in total. The van der Waals surface area contributed by atoms with Crippen molar-refractivity contribution in [3.8, 4) is 0 Å². The van der Waals surface area contributed by atoms with E-state index < -0.39 is 0 Å². The summed E-state index contributed by atoms with van der Waals surface area (Å²) in [5.74, 6) is 0.285. The third kappa shape index (κ3) is 5.44. The second-order valence-electron chi connectivity index (χ2n) is 4.26. The van der Waals surface area contributed by atoms with E-state index in [1.54, 1.807) is 30.3 Å². The summed E-state index contributed by atoms with van der Waals surface area (Å²) in [4.78, 5) is 12.8. The summed E-state index contributed by atoms with van der Waals surface area (Å²) in [5, 5.41) is 4.64. The number of hydrogen-bond acceptors (Lipinski definition) is 2. The maximum atomic E-state index is 11.8. The highest BCUT2D eigenvalue weighted by atomic mass is 35.5. The normalized spacial score (nSPS) is 10.4. The number of halogens is 3. The third-order valence-corrected chi connectivity index (χ3v) is 4.53. The van der Waals surface area contributed by atoms with Crippen molar-refractivity contribution in [1.29, 1.82) is 0 Å². The quantitative estimate of drug-likeness (QED) is 0.755. The molecule has 2 rings (SSSR count). The minimum absolute atomic E-state index is 0.0547. The predicted octanol–water partition coefficient (Wildman–Crippen LogP) is 5.06. The van der Waals surface area contributed by atoms with Crippen molar-refractivity contribution in [3.05, 3.63) is 63.1 Å². The molecule has 21 heavy (non-hydrogen) atoms. The van der Waals surface area contributed by atoms with Crippen LogP contribution in [0.5, 0.6) is 0 Å². The molecule has 0 unspecified atom stereocenters. The van der Waals surface area contributed by atoms with Gasteiger partial charge < -0.3 is 5.32 Å². The number of hydrogen-bond donors (Lipinski definition) is 1. The first-order valence-corrected chi connectivity index (χ1v) is 8.25. The second kappa shape index (κ2) is 7.95. The van der Waals surface area contributed by atoms with Gasteiger partial charge in [-0.1, -0.05) is 40.9 Å². The van der Waals surface area contributed by atoms with Gasteiger partial charge in [0.1, 0.15) is 0 Å². The van der Waals surface area contributed by atoms with E-state index in [1.165, 1.54) is 11.8 Å². The third-order valence-electron chi connectivity index (χ3n) is 2.67.